The molecule has 2 heterocycles. The van der Waals surface area contributed by atoms with Crippen molar-refractivity contribution in [1.29, 1.82) is 0 Å². The lowest BCUT2D eigenvalue weighted by Crippen LogP contribution is -2.31. The third-order valence-electron chi connectivity index (χ3n) is 5.34. The lowest BCUT2D eigenvalue weighted by molar-refractivity contribution is -0.137. The Labute approximate surface area is 193 Å². The summed E-state index contributed by atoms with van der Waals surface area (Å²) in [5, 5.41) is 11.5. The molecule has 0 bridgehead atoms. The Hall–Kier alpha value is -3.39. The van der Waals surface area contributed by atoms with Crippen LogP contribution in [0.5, 0.6) is 0 Å². The van der Waals surface area contributed by atoms with Crippen molar-refractivity contribution in [1.82, 2.24) is 10.2 Å². The van der Waals surface area contributed by atoms with Crippen LogP contribution in [0.4, 0.5) is 24.7 Å². The number of hydrogen-bond donors (Lipinski definition) is 1. The summed E-state index contributed by atoms with van der Waals surface area (Å²) in [5.74, 6) is 0.233. The molecule has 1 saturated heterocycles. The van der Waals surface area contributed by atoms with Gasteiger partial charge in [-0.3, -0.25) is 4.79 Å². The standard InChI is InChI=1S/C24H20ClF3N4O/c25-18-5-7-19(8-6-18)29-23(33)21-9-10-22(31-30-21)32-13-11-16(12-14-32)15-17-3-1-2-4-20(17)24(26,27)28/h1-10,15H,11-14H2,(H,29,33). The lowest BCUT2D eigenvalue weighted by Gasteiger charge is -2.29. The molecular formula is C24H20ClF3N4O. The summed E-state index contributed by atoms with van der Waals surface area (Å²) in [6, 6.07) is 15.6. The molecule has 170 valence electrons. The predicted molar refractivity (Wildman–Crippen MR) is 122 cm³/mol. The highest BCUT2D eigenvalue weighted by atomic mass is 35.5. The first-order valence-corrected chi connectivity index (χ1v) is 10.7. The second-order valence-electron chi connectivity index (χ2n) is 7.61. The minimum absolute atomic E-state index is 0.176. The van der Waals surface area contributed by atoms with E-state index in [1.165, 1.54) is 12.1 Å². The van der Waals surface area contributed by atoms with Gasteiger partial charge in [0.05, 0.1) is 5.56 Å². The minimum atomic E-state index is -4.38. The van der Waals surface area contributed by atoms with E-state index in [0.717, 1.165) is 11.6 Å². The van der Waals surface area contributed by atoms with Gasteiger partial charge in [0.2, 0.25) is 0 Å². The number of benzene rings is 2. The number of carbonyl (C=O) groups is 1. The average molecular weight is 473 g/mol. The summed E-state index contributed by atoms with van der Waals surface area (Å²) in [7, 11) is 0. The van der Waals surface area contributed by atoms with Gasteiger partial charge < -0.3 is 10.2 Å². The number of halogens is 4. The van der Waals surface area contributed by atoms with Crippen molar-refractivity contribution in [3.63, 3.8) is 0 Å². The number of nitrogens with zero attached hydrogens (tertiary/aromatic N) is 3. The fourth-order valence-electron chi connectivity index (χ4n) is 3.61. The van der Waals surface area contributed by atoms with E-state index >= 15 is 0 Å². The summed E-state index contributed by atoms with van der Waals surface area (Å²) >= 11 is 5.84. The lowest BCUT2D eigenvalue weighted by atomic mass is 9.98. The zero-order chi connectivity index (χ0) is 23.4. The van der Waals surface area contributed by atoms with Crippen LogP contribution in [0, 0.1) is 0 Å². The van der Waals surface area contributed by atoms with Crippen LogP contribution in [0.2, 0.25) is 5.02 Å². The van der Waals surface area contributed by atoms with Gasteiger partial charge in [0.1, 0.15) is 0 Å². The monoisotopic (exact) mass is 472 g/mol. The molecule has 1 aliphatic heterocycles. The maximum absolute atomic E-state index is 13.2. The first kappa shape index (κ1) is 22.8. The van der Waals surface area contributed by atoms with Crippen molar-refractivity contribution in [2.45, 2.75) is 19.0 Å². The van der Waals surface area contributed by atoms with Crippen LogP contribution in [0.3, 0.4) is 0 Å². The molecule has 0 aliphatic carbocycles. The van der Waals surface area contributed by atoms with Crippen LogP contribution in [-0.4, -0.2) is 29.2 Å². The van der Waals surface area contributed by atoms with E-state index in [1.54, 1.807) is 48.5 Å². The number of aromatic nitrogens is 2. The van der Waals surface area contributed by atoms with Gasteiger partial charge in [-0.15, -0.1) is 10.2 Å². The maximum Gasteiger partial charge on any atom is 0.416 e. The highest BCUT2D eigenvalue weighted by molar-refractivity contribution is 6.30. The maximum atomic E-state index is 13.2. The molecule has 0 atom stereocenters. The van der Waals surface area contributed by atoms with Crippen LogP contribution in [0.1, 0.15) is 34.5 Å². The molecule has 2 aromatic carbocycles. The molecule has 5 nitrogen and oxygen atoms in total. The molecule has 0 spiro atoms. The summed E-state index contributed by atoms with van der Waals surface area (Å²) in [5.41, 5.74) is 1.28. The first-order valence-electron chi connectivity index (χ1n) is 10.3. The Bertz CT molecular complexity index is 1150. The van der Waals surface area contributed by atoms with E-state index in [0.29, 0.717) is 42.5 Å². The minimum Gasteiger partial charge on any atom is -0.354 e. The van der Waals surface area contributed by atoms with Gasteiger partial charge >= 0.3 is 6.18 Å². The molecule has 1 N–H and O–H groups in total. The Morgan fingerprint density at radius 1 is 0.970 bits per heavy atom. The highest BCUT2D eigenvalue weighted by Crippen LogP contribution is 2.34. The molecule has 0 unspecified atom stereocenters. The molecule has 1 fully saturated rings. The van der Waals surface area contributed by atoms with Gasteiger partial charge in [-0.1, -0.05) is 41.4 Å². The van der Waals surface area contributed by atoms with Gasteiger partial charge in [0.15, 0.2) is 11.5 Å². The zero-order valence-corrected chi connectivity index (χ0v) is 18.2. The van der Waals surface area contributed by atoms with Crippen LogP contribution in [-0.2, 0) is 6.18 Å². The Morgan fingerprint density at radius 2 is 1.67 bits per heavy atom. The number of carbonyl (C=O) groups excluding carboxylic acids is 1. The predicted octanol–water partition coefficient (Wildman–Crippen LogP) is 6.08. The van der Waals surface area contributed by atoms with E-state index in [-0.39, 0.29) is 17.2 Å². The molecule has 1 amide bonds. The zero-order valence-electron chi connectivity index (χ0n) is 17.4. The molecule has 4 rings (SSSR count). The quantitative estimate of drug-likeness (QED) is 0.499. The number of hydrogen-bond acceptors (Lipinski definition) is 4. The number of amides is 1. The SMILES string of the molecule is O=C(Nc1ccc(Cl)cc1)c1ccc(N2CCC(=Cc3ccccc3C(F)(F)F)CC2)nn1. The fraction of sp³-hybridized carbons (Fsp3) is 0.208. The van der Waals surface area contributed by atoms with E-state index in [1.807, 2.05) is 4.90 Å². The average Bonchev–Trinajstić information content (AvgIpc) is 2.81. The smallest absolute Gasteiger partial charge is 0.354 e. The van der Waals surface area contributed by atoms with Crippen LogP contribution in [0.15, 0.2) is 66.2 Å². The van der Waals surface area contributed by atoms with E-state index in [4.69, 9.17) is 11.6 Å². The number of anilines is 2. The molecule has 1 aliphatic rings. The van der Waals surface area contributed by atoms with Crippen molar-refractivity contribution < 1.29 is 18.0 Å². The molecule has 0 radical (unpaired) electrons. The van der Waals surface area contributed by atoms with Crippen molar-refractivity contribution in [3.05, 3.63) is 88.1 Å². The highest BCUT2D eigenvalue weighted by Gasteiger charge is 2.32. The van der Waals surface area contributed by atoms with Gasteiger partial charge in [0.25, 0.3) is 5.91 Å². The second-order valence-corrected chi connectivity index (χ2v) is 8.05. The van der Waals surface area contributed by atoms with Crippen molar-refractivity contribution in [2.24, 2.45) is 0 Å². The number of rotatable bonds is 4. The third kappa shape index (κ3) is 5.70. The Morgan fingerprint density at radius 3 is 2.30 bits per heavy atom. The fourth-order valence-corrected chi connectivity index (χ4v) is 3.74. The molecule has 9 heteroatoms. The van der Waals surface area contributed by atoms with Gasteiger partial charge in [-0.25, -0.2) is 0 Å². The molecular weight excluding hydrogens is 453 g/mol. The van der Waals surface area contributed by atoms with Crippen molar-refractivity contribution >= 4 is 35.1 Å². The van der Waals surface area contributed by atoms with E-state index in [9.17, 15) is 18.0 Å². The number of alkyl halides is 3. The van der Waals surface area contributed by atoms with Crippen LogP contribution < -0.4 is 10.2 Å². The molecule has 1 aromatic heterocycles. The molecule has 33 heavy (non-hydrogen) atoms. The summed E-state index contributed by atoms with van der Waals surface area (Å²) in [6.45, 7) is 1.20. The first-order chi connectivity index (χ1) is 15.8. The van der Waals surface area contributed by atoms with Crippen molar-refractivity contribution in [3.8, 4) is 0 Å². The molecule has 0 saturated carbocycles. The topological polar surface area (TPSA) is 58.1 Å². The Kier molecular flexibility index (Phi) is 6.65. The normalized spacial score (nSPS) is 14.2. The summed E-state index contributed by atoms with van der Waals surface area (Å²) in [6.07, 6.45) is -1.51. The van der Waals surface area contributed by atoms with E-state index in [2.05, 4.69) is 15.5 Å². The van der Waals surface area contributed by atoms with Crippen molar-refractivity contribution in [2.75, 3.05) is 23.3 Å². The second kappa shape index (κ2) is 9.62. The van der Waals surface area contributed by atoms with Crippen LogP contribution in [0.25, 0.3) is 6.08 Å². The summed E-state index contributed by atoms with van der Waals surface area (Å²) in [4.78, 5) is 14.4. The van der Waals surface area contributed by atoms with E-state index < -0.39 is 11.7 Å². The number of piperidine rings is 1. The molecule has 3 aromatic rings. The van der Waals surface area contributed by atoms with Crippen LogP contribution >= 0.6 is 11.6 Å². The Balaban J connectivity index is 1.38. The third-order valence-corrected chi connectivity index (χ3v) is 5.59. The largest absolute Gasteiger partial charge is 0.416 e. The number of nitrogens with one attached hydrogen (secondary N) is 1. The summed E-state index contributed by atoms with van der Waals surface area (Å²) < 4.78 is 39.7. The van der Waals surface area contributed by atoms with Gasteiger partial charge in [0, 0.05) is 23.8 Å². The van der Waals surface area contributed by atoms with Gasteiger partial charge in [-0.05, 0) is 60.9 Å². The van der Waals surface area contributed by atoms with Gasteiger partial charge in [-0.2, -0.15) is 13.2 Å².